The number of piperidine rings is 1. The van der Waals surface area contributed by atoms with Crippen LogP contribution < -0.4 is 4.74 Å². The van der Waals surface area contributed by atoms with Gasteiger partial charge in [-0.15, -0.1) is 0 Å². The van der Waals surface area contributed by atoms with E-state index in [2.05, 4.69) is 21.9 Å². The first-order valence-electron chi connectivity index (χ1n) is 7.42. The number of ether oxygens (including phenoxy) is 1. The number of para-hydroxylation sites is 1. The minimum absolute atomic E-state index is 0.503. The Hall–Kier alpha value is -1.94. The Balaban J connectivity index is 1.83. The van der Waals surface area contributed by atoms with Gasteiger partial charge in [0.1, 0.15) is 5.75 Å². The summed E-state index contributed by atoms with van der Waals surface area (Å²) in [5.41, 5.74) is 2.94. The monoisotopic (exact) mass is 283 g/mol. The van der Waals surface area contributed by atoms with Crippen LogP contribution in [0.5, 0.6) is 5.75 Å². The quantitative estimate of drug-likeness (QED) is 0.868. The second-order valence-corrected chi connectivity index (χ2v) is 5.63. The molecule has 0 saturated carbocycles. The molecule has 1 aromatic carbocycles. The first-order valence-corrected chi connectivity index (χ1v) is 7.42. The van der Waals surface area contributed by atoms with Gasteiger partial charge >= 0.3 is 0 Å². The molecule has 0 aliphatic carbocycles. The maximum absolute atomic E-state index is 5.39. The van der Waals surface area contributed by atoms with E-state index in [1.807, 2.05) is 36.7 Å². The summed E-state index contributed by atoms with van der Waals surface area (Å²) in [6.45, 7) is 2.26. The van der Waals surface area contributed by atoms with Crippen molar-refractivity contribution in [3.63, 3.8) is 0 Å². The average molecular weight is 283 g/mol. The Labute approximate surface area is 125 Å². The van der Waals surface area contributed by atoms with Gasteiger partial charge in [-0.25, -0.2) is 0 Å². The lowest BCUT2D eigenvalue weighted by atomic mass is 9.95. The highest BCUT2D eigenvalue weighted by Gasteiger charge is 2.20. The molecule has 0 spiro atoms. The first-order chi connectivity index (χ1) is 10.3. The molecule has 0 amide bonds. The number of likely N-dealkylation sites (N-methyl/N-ethyl adjacent to an activating group) is 1. The van der Waals surface area contributed by atoms with Gasteiger partial charge in [0.25, 0.3) is 0 Å². The van der Waals surface area contributed by atoms with Crippen LogP contribution in [0, 0.1) is 0 Å². The molecule has 4 heteroatoms. The number of hydrogen-bond donors (Lipinski definition) is 0. The van der Waals surface area contributed by atoms with Crippen LogP contribution in [0.15, 0.2) is 36.7 Å². The largest absolute Gasteiger partial charge is 0.496 e. The zero-order chi connectivity index (χ0) is 14.7. The lowest BCUT2D eigenvalue weighted by Crippen LogP contribution is -2.31. The molecule has 0 bridgehead atoms. The lowest BCUT2D eigenvalue weighted by molar-refractivity contribution is 0.248. The summed E-state index contributed by atoms with van der Waals surface area (Å²) in [5.74, 6) is 1.33. The molecule has 1 aliphatic rings. The van der Waals surface area contributed by atoms with Crippen molar-refractivity contribution in [2.45, 2.75) is 18.8 Å². The van der Waals surface area contributed by atoms with Crippen molar-refractivity contribution in [1.82, 2.24) is 14.9 Å². The van der Waals surface area contributed by atoms with E-state index in [9.17, 15) is 0 Å². The fourth-order valence-electron chi connectivity index (χ4n) is 2.95. The molecular weight excluding hydrogens is 262 g/mol. The summed E-state index contributed by atoms with van der Waals surface area (Å²) in [6.07, 6.45) is 6.22. The van der Waals surface area contributed by atoms with E-state index < -0.39 is 0 Å². The third-order valence-electron chi connectivity index (χ3n) is 4.10. The van der Waals surface area contributed by atoms with Crippen LogP contribution in [-0.2, 0) is 0 Å². The zero-order valence-electron chi connectivity index (χ0n) is 12.6. The van der Waals surface area contributed by atoms with E-state index in [0.717, 1.165) is 29.2 Å². The molecule has 1 atom stereocenters. The predicted octanol–water partition coefficient (Wildman–Crippen LogP) is 2.96. The summed E-state index contributed by atoms with van der Waals surface area (Å²) in [4.78, 5) is 11.6. The van der Waals surface area contributed by atoms with E-state index >= 15 is 0 Å². The Morgan fingerprint density at radius 2 is 2.05 bits per heavy atom. The zero-order valence-corrected chi connectivity index (χ0v) is 12.6. The normalized spacial score (nSPS) is 19.4. The first kappa shape index (κ1) is 14.0. The van der Waals surface area contributed by atoms with Gasteiger partial charge in [0.2, 0.25) is 0 Å². The van der Waals surface area contributed by atoms with Crippen molar-refractivity contribution in [3.8, 4) is 17.0 Å². The van der Waals surface area contributed by atoms with Crippen molar-refractivity contribution >= 4 is 0 Å². The number of methoxy groups -OCH3 is 1. The van der Waals surface area contributed by atoms with Crippen molar-refractivity contribution < 1.29 is 4.74 Å². The Morgan fingerprint density at radius 1 is 1.19 bits per heavy atom. The van der Waals surface area contributed by atoms with Crippen LogP contribution in [0.1, 0.15) is 24.5 Å². The fraction of sp³-hybridized carbons (Fsp3) is 0.412. The summed E-state index contributed by atoms with van der Waals surface area (Å²) in [7, 11) is 3.85. The Kier molecular flexibility index (Phi) is 4.15. The number of benzene rings is 1. The van der Waals surface area contributed by atoms with Crippen LogP contribution in [0.3, 0.4) is 0 Å². The van der Waals surface area contributed by atoms with Gasteiger partial charge in [-0.1, -0.05) is 12.1 Å². The van der Waals surface area contributed by atoms with Gasteiger partial charge in [-0.2, -0.15) is 0 Å². The van der Waals surface area contributed by atoms with Crippen molar-refractivity contribution in [2.24, 2.45) is 0 Å². The molecule has 0 unspecified atom stereocenters. The SMILES string of the molecule is COc1ccccc1-c1cnc([C@@H]2CCCN(C)C2)cn1. The molecule has 110 valence electrons. The molecule has 1 aromatic heterocycles. The van der Waals surface area contributed by atoms with Gasteiger partial charge in [0, 0.05) is 24.2 Å². The standard InChI is InChI=1S/C17H21N3O/c1-20-9-5-6-13(12-20)15-10-19-16(11-18-15)14-7-3-4-8-17(14)21-2/h3-4,7-8,10-11,13H,5-6,9,12H2,1-2H3/t13-/m1/s1. The molecule has 4 nitrogen and oxygen atoms in total. The van der Waals surface area contributed by atoms with Crippen molar-refractivity contribution in [1.29, 1.82) is 0 Å². The molecule has 1 fully saturated rings. The molecule has 2 aromatic rings. The minimum atomic E-state index is 0.503. The van der Waals surface area contributed by atoms with Gasteiger partial charge in [0.05, 0.1) is 24.7 Å². The number of nitrogens with zero attached hydrogens (tertiary/aromatic N) is 3. The fourth-order valence-corrected chi connectivity index (χ4v) is 2.95. The van der Waals surface area contributed by atoms with Crippen molar-refractivity contribution in [2.75, 3.05) is 27.2 Å². The molecule has 0 radical (unpaired) electrons. The number of hydrogen-bond acceptors (Lipinski definition) is 4. The van der Waals surface area contributed by atoms with E-state index in [0.29, 0.717) is 5.92 Å². The third-order valence-corrected chi connectivity index (χ3v) is 4.10. The Bertz CT molecular complexity index is 597. The molecule has 1 aliphatic heterocycles. The van der Waals surface area contributed by atoms with Crippen LogP contribution in [-0.4, -0.2) is 42.1 Å². The highest BCUT2D eigenvalue weighted by atomic mass is 16.5. The van der Waals surface area contributed by atoms with Crippen molar-refractivity contribution in [3.05, 3.63) is 42.4 Å². The molecule has 21 heavy (non-hydrogen) atoms. The van der Waals surface area contributed by atoms with Gasteiger partial charge in [0.15, 0.2) is 0 Å². The van der Waals surface area contributed by atoms with Gasteiger partial charge < -0.3 is 9.64 Å². The maximum atomic E-state index is 5.39. The predicted molar refractivity (Wildman–Crippen MR) is 83.5 cm³/mol. The number of likely N-dealkylation sites (tertiary alicyclic amines) is 1. The molecule has 3 rings (SSSR count). The van der Waals surface area contributed by atoms with E-state index in [1.165, 1.54) is 19.4 Å². The maximum Gasteiger partial charge on any atom is 0.128 e. The van der Waals surface area contributed by atoms with E-state index in [4.69, 9.17) is 4.74 Å². The van der Waals surface area contributed by atoms with Gasteiger partial charge in [-0.3, -0.25) is 9.97 Å². The molecule has 0 N–H and O–H groups in total. The molecule has 1 saturated heterocycles. The van der Waals surface area contributed by atoms with Gasteiger partial charge in [-0.05, 0) is 38.6 Å². The summed E-state index contributed by atoms with van der Waals surface area (Å²) < 4.78 is 5.39. The topological polar surface area (TPSA) is 38.2 Å². The summed E-state index contributed by atoms with van der Waals surface area (Å²) >= 11 is 0. The summed E-state index contributed by atoms with van der Waals surface area (Å²) in [6, 6.07) is 7.91. The van der Waals surface area contributed by atoms with Crippen LogP contribution >= 0.6 is 0 Å². The highest BCUT2D eigenvalue weighted by molar-refractivity contribution is 5.66. The molecule has 2 heterocycles. The van der Waals surface area contributed by atoms with Crippen LogP contribution in [0.4, 0.5) is 0 Å². The van der Waals surface area contributed by atoms with E-state index in [1.54, 1.807) is 7.11 Å². The minimum Gasteiger partial charge on any atom is -0.496 e. The third kappa shape index (κ3) is 3.05. The summed E-state index contributed by atoms with van der Waals surface area (Å²) in [5, 5.41) is 0. The average Bonchev–Trinajstić information content (AvgIpc) is 2.55. The lowest BCUT2D eigenvalue weighted by Gasteiger charge is -2.29. The second kappa shape index (κ2) is 6.22. The highest BCUT2D eigenvalue weighted by Crippen LogP contribution is 2.29. The van der Waals surface area contributed by atoms with E-state index in [-0.39, 0.29) is 0 Å². The van der Waals surface area contributed by atoms with Crippen LogP contribution in [0.25, 0.3) is 11.3 Å². The Morgan fingerprint density at radius 3 is 2.76 bits per heavy atom. The van der Waals surface area contributed by atoms with Crippen LogP contribution in [0.2, 0.25) is 0 Å². The smallest absolute Gasteiger partial charge is 0.128 e. The number of rotatable bonds is 3. The molecular formula is C17H21N3O. The number of aromatic nitrogens is 2. The second-order valence-electron chi connectivity index (χ2n) is 5.63.